The summed E-state index contributed by atoms with van der Waals surface area (Å²) >= 11 is 1.57. The predicted molar refractivity (Wildman–Crippen MR) is 89.1 cm³/mol. The van der Waals surface area contributed by atoms with Crippen LogP contribution in [0.15, 0.2) is 22.0 Å². The zero-order valence-corrected chi connectivity index (χ0v) is 14.1. The van der Waals surface area contributed by atoms with Gasteiger partial charge >= 0.3 is 0 Å². The second-order valence-electron chi connectivity index (χ2n) is 4.96. The van der Waals surface area contributed by atoms with E-state index < -0.39 is 0 Å². The van der Waals surface area contributed by atoms with E-state index in [-0.39, 0.29) is 24.4 Å². The molecule has 0 fully saturated rings. The molecule has 0 aliphatic carbocycles. The average molecular weight is 345 g/mol. The third-order valence-electron chi connectivity index (χ3n) is 2.93. The first-order valence-electron chi connectivity index (χ1n) is 7.04. The molecule has 6 nitrogen and oxygen atoms in total. The Morgan fingerprint density at radius 1 is 1.55 bits per heavy atom. The molecule has 0 saturated carbocycles. The maximum absolute atomic E-state index is 11.6. The maximum Gasteiger partial charge on any atom is 0.226 e. The number of rotatable bonds is 8. The molecular weight excluding hydrogens is 324 g/mol. The summed E-state index contributed by atoms with van der Waals surface area (Å²) in [5.74, 6) is 1.22. The van der Waals surface area contributed by atoms with Crippen LogP contribution in [0.1, 0.15) is 32.1 Å². The van der Waals surface area contributed by atoms with Crippen molar-refractivity contribution in [2.24, 2.45) is 5.73 Å². The van der Waals surface area contributed by atoms with Crippen LogP contribution in [0.3, 0.4) is 0 Å². The lowest BCUT2D eigenvalue weighted by atomic mass is 10.2. The minimum atomic E-state index is 0. The number of nitrogens with two attached hydrogens (primary N) is 1. The number of carbonyl (C=O) groups excluding carboxylic acids is 1. The molecule has 2 rings (SSSR count). The van der Waals surface area contributed by atoms with Crippen molar-refractivity contribution in [2.75, 3.05) is 6.54 Å². The van der Waals surface area contributed by atoms with Gasteiger partial charge in [-0.05, 0) is 31.2 Å². The number of carbonyl (C=O) groups is 1. The van der Waals surface area contributed by atoms with E-state index >= 15 is 0 Å². The van der Waals surface area contributed by atoms with Gasteiger partial charge in [-0.15, -0.1) is 23.7 Å². The lowest BCUT2D eigenvalue weighted by Gasteiger charge is -2.06. The number of thiophene rings is 1. The minimum Gasteiger partial charge on any atom is -0.356 e. The Bertz CT molecular complexity index is 557. The number of nitrogens with zero attached hydrogens (tertiary/aromatic N) is 2. The van der Waals surface area contributed by atoms with Crippen LogP contribution in [0, 0.1) is 0 Å². The van der Waals surface area contributed by atoms with E-state index in [9.17, 15) is 4.79 Å². The highest BCUT2D eigenvalue weighted by atomic mass is 35.5. The lowest BCUT2D eigenvalue weighted by Crippen LogP contribution is -2.28. The summed E-state index contributed by atoms with van der Waals surface area (Å²) < 4.78 is 5.18. The molecule has 1 atom stereocenters. The highest BCUT2D eigenvalue weighted by Crippen LogP contribution is 2.21. The number of aromatic nitrogens is 2. The van der Waals surface area contributed by atoms with E-state index in [0.29, 0.717) is 37.5 Å². The Kier molecular flexibility index (Phi) is 8.08. The molecule has 0 saturated heterocycles. The number of amides is 1. The highest BCUT2D eigenvalue weighted by Gasteiger charge is 2.10. The molecule has 1 unspecified atom stereocenters. The summed E-state index contributed by atoms with van der Waals surface area (Å²) in [5.41, 5.74) is 5.62. The molecule has 0 aliphatic rings. The van der Waals surface area contributed by atoms with E-state index in [4.69, 9.17) is 10.3 Å². The van der Waals surface area contributed by atoms with Crippen LogP contribution in [-0.4, -0.2) is 28.6 Å². The summed E-state index contributed by atoms with van der Waals surface area (Å²) in [6.07, 6.45) is 2.55. The third kappa shape index (κ3) is 6.13. The van der Waals surface area contributed by atoms with Crippen molar-refractivity contribution in [3.8, 4) is 10.7 Å². The Morgan fingerprint density at radius 2 is 2.36 bits per heavy atom. The Labute approximate surface area is 139 Å². The molecule has 2 aromatic rings. The zero-order valence-electron chi connectivity index (χ0n) is 12.4. The normalized spacial score (nSPS) is 11.7. The Morgan fingerprint density at radius 3 is 3.05 bits per heavy atom. The topological polar surface area (TPSA) is 94.0 Å². The van der Waals surface area contributed by atoms with Gasteiger partial charge < -0.3 is 15.6 Å². The second-order valence-corrected chi connectivity index (χ2v) is 5.91. The first-order valence-corrected chi connectivity index (χ1v) is 7.92. The highest BCUT2D eigenvalue weighted by molar-refractivity contribution is 7.13. The molecule has 8 heteroatoms. The van der Waals surface area contributed by atoms with Crippen molar-refractivity contribution in [2.45, 2.75) is 38.6 Å². The van der Waals surface area contributed by atoms with Gasteiger partial charge in [0.15, 0.2) is 0 Å². The van der Waals surface area contributed by atoms with E-state index in [1.807, 2.05) is 24.4 Å². The summed E-state index contributed by atoms with van der Waals surface area (Å²) in [4.78, 5) is 16.9. The third-order valence-corrected chi connectivity index (χ3v) is 3.79. The van der Waals surface area contributed by atoms with Crippen molar-refractivity contribution in [1.29, 1.82) is 0 Å². The number of aryl methyl sites for hydroxylation is 1. The zero-order chi connectivity index (χ0) is 15.1. The molecular formula is C14H21ClN4O2S. The van der Waals surface area contributed by atoms with Gasteiger partial charge in [-0.1, -0.05) is 11.2 Å². The summed E-state index contributed by atoms with van der Waals surface area (Å²) in [6.45, 7) is 2.55. The fraction of sp³-hybridized carbons (Fsp3) is 0.500. The van der Waals surface area contributed by atoms with E-state index in [1.54, 1.807) is 11.3 Å². The van der Waals surface area contributed by atoms with E-state index in [1.165, 1.54) is 0 Å². The quantitative estimate of drug-likeness (QED) is 0.766. The van der Waals surface area contributed by atoms with Crippen LogP contribution in [0.25, 0.3) is 10.7 Å². The standard InChI is InChI=1S/C14H20N4O2S.ClH/c1-10(15)7-8-16-12(19)5-2-6-13-17-14(18-20-13)11-4-3-9-21-11;/h3-4,9-10H,2,5-8,15H2,1H3,(H,16,19);1H. The first kappa shape index (κ1) is 18.6. The van der Waals surface area contributed by atoms with Gasteiger partial charge in [0.25, 0.3) is 0 Å². The van der Waals surface area contributed by atoms with Gasteiger partial charge in [0.2, 0.25) is 17.6 Å². The molecule has 0 aliphatic heterocycles. The summed E-state index contributed by atoms with van der Waals surface area (Å²) in [7, 11) is 0. The molecule has 0 bridgehead atoms. The largest absolute Gasteiger partial charge is 0.356 e. The van der Waals surface area contributed by atoms with Gasteiger partial charge in [0, 0.05) is 25.4 Å². The van der Waals surface area contributed by atoms with Crippen LogP contribution in [-0.2, 0) is 11.2 Å². The van der Waals surface area contributed by atoms with E-state index in [2.05, 4.69) is 15.5 Å². The molecule has 22 heavy (non-hydrogen) atoms. The van der Waals surface area contributed by atoms with Gasteiger partial charge in [-0.2, -0.15) is 4.98 Å². The van der Waals surface area contributed by atoms with Crippen LogP contribution in [0.2, 0.25) is 0 Å². The van der Waals surface area contributed by atoms with Crippen molar-refractivity contribution in [3.05, 3.63) is 23.4 Å². The first-order chi connectivity index (χ1) is 10.1. The van der Waals surface area contributed by atoms with Crippen LogP contribution in [0.4, 0.5) is 0 Å². The van der Waals surface area contributed by atoms with Crippen LogP contribution >= 0.6 is 23.7 Å². The maximum atomic E-state index is 11.6. The molecule has 0 aromatic carbocycles. The smallest absolute Gasteiger partial charge is 0.226 e. The van der Waals surface area contributed by atoms with Gasteiger partial charge in [-0.25, -0.2) is 0 Å². The number of hydrogen-bond donors (Lipinski definition) is 2. The fourth-order valence-corrected chi connectivity index (χ4v) is 2.44. The average Bonchev–Trinajstić information content (AvgIpc) is 3.08. The van der Waals surface area contributed by atoms with Crippen molar-refractivity contribution in [3.63, 3.8) is 0 Å². The number of hydrogen-bond acceptors (Lipinski definition) is 6. The Balaban J connectivity index is 0.00000242. The van der Waals surface area contributed by atoms with Gasteiger partial charge in [-0.3, -0.25) is 4.79 Å². The SMILES string of the molecule is CC(N)CCNC(=O)CCCc1nc(-c2cccs2)no1.Cl. The minimum absolute atomic E-state index is 0. The molecule has 1 amide bonds. The molecule has 2 aromatic heterocycles. The molecule has 0 spiro atoms. The second kappa shape index (κ2) is 9.55. The predicted octanol–water partition coefficient (Wildman–Crippen LogP) is 2.40. The molecule has 3 N–H and O–H groups in total. The molecule has 122 valence electrons. The van der Waals surface area contributed by atoms with Crippen molar-refractivity contribution in [1.82, 2.24) is 15.5 Å². The van der Waals surface area contributed by atoms with Crippen molar-refractivity contribution >= 4 is 29.7 Å². The Hall–Kier alpha value is -1.44. The van der Waals surface area contributed by atoms with Crippen LogP contribution < -0.4 is 11.1 Å². The molecule has 2 heterocycles. The molecule has 0 radical (unpaired) electrons. The number of nitrogens with one attached hydrogen (secondary N) is 1. The summed E-state index contributed by atoms with van der Waals surface area (Å²) in [6, 6.07) is 4.01. The lowest BCUT2D eigenvalue weighted by molar-refractivity contribution is -0.121. The summed E-state index contributed by atoms with van der Waals surface area (Å²) in [5, 5.41) is 8.75. The van der Waals surface area contributed by atoms with Gasteiger partial charge in [0.05, 0.1) is 4.88 Å². The van der Waals surface area contributed by atoms with E-state index in [0.717, 1.165) is 11.3 Å². The van der Waals surface area contributed by atoms with Gasteiger partial charge in [0.1, 0.15) is 0 Å². The number of halogens is 1. The fourth-order valence-electron chi connectivity index (χ4n) is 1.79. The monoisotopic (exact) mass is 344 g/mol. The van der Waals surface area contributed by atoms with Crippen molar-refractivity contribution < 1.29 is 9.32 Å². The van der Waals surface area contributed by atoms with Crippen LogP contribution in [0.5, 0.6) is 0 Å².